The largest absolute Gasteiger partial charge is 0.472 e. The van der Waals surface area contributed by atoms with Crippen LogP contribution in [0.1, 0.15) is 16.0 Å². The lowest BCUT2D eigenvalue weighted by molar-refractivity contribution is 0.563. The van der Waals surface area contributed by atoms with Crippen LogP contribution < -0.4 is 0 Å². The Morgan fingerprint density at radius 1 is 1.00 bits per heavy atom. The van der Waals surface area contributed by atoms with Gasteiger partial charge in [0.15, 0.2) is 0 Å². The van der Waals surface area contributed by atoms with E-state index in [0.717, 1.165) is 6.42 Å². The number of halogens is 1. The fourth-order valence-corrected chi connectivity index (χ4v) is 2.84. The van der Waals surface area contributed by atoms with Crippen molar-refractivity contribution in [3.05, 3.63) is 72.2 Å². The van der Waals surface area contributed by atoms with Crippen molar-refractivity contribution in [2.45, 2.75) is 11.2 Å². The van der Waals surface area contributed by atoms with E-state index in [9.17, 15) is 0 Å². The van der Waals surface area contributed by atoms with Crippen molar-refractivity contribution in [3.8, 4) is 0 Å². The maximum Gasteiger partial charge on any atom is 0.0946 e. The summed E-state index contributed by atoms with van der Waals surface area (Å²) in [6, 6.07) is 17.0. The Hall–Kier alpha value is -1.54. The second-order valence-electron chi connectivity index (χ2n) is 4.37. The molecule has 0 bridgehead atoms. The van der Waals surface area contributed by atoms with Gasteiger partial charge in [-0.3, -0.25) is 0 Å². The predicted octanol–water partition coefficient (Wildman–Crippen LogP) is 5.11. The molecule has 0 aliphatic heterocycles. The first kappa shape index (κ1) is 11.5. The zero-order valence-corrected chi connectivity index (χ0v) is 11.4. The van der Waals surface area contributed by atoms with Gasteiger partial charge in [0, 0.05) is 10.4 Å². The van der Waals surface area contributed by atoms with Crippen LogP contribution in [0.15, 0.2) is 65.5 Å². The van der Waals surface area contributed by atoms with Gasteiger partial charge in [0.1, 0.15) is 0 Å². The summed E-state index contributed by atoms with van der Waals surface area (Å²) in [7, 11) is 0. The van der Waals surface area contributed by atoms with Crippen LogP contribution >= 0.6 is 15.9 Å². The Morgan fingerprint density at radius 3 is 2.67 bits per heavy atom. The van der Waals surface area contributed by atoms with Crippen LogP contribution in [-0.2, 0) is 6.42 Å². The van der Waals surface area contributed by atoms with E-state index >= 15 is 0 Å². The zero-order chi connectivity index (χ0) is 12.4. The quantitative estimate of drug-likeness (QED) is 0.613. The van der Waals surface area contributed by atoms with Crippen molar-refractivity contribution >= 4 is 26.7 Å². The lowest BCUT2D eigenvalue weighted by Gasteiger charge is -2.10. The number of furan rings is 1. The highest BCUT2D eigenvalue weighted by Crippen LogP contribution is 2.30. The van der Waals surface area contributed by atoms with E-state index in [-0.39, 0.29) is 0 Å². The van der Waals surface area contributed by atoms with Crippen molar-refractivity contribution in [2.75, 3.05) is 0 Å². The van der Waals surface area contributed by atoms with E-state index in [4.69, 9.17) is 4.42 Å². The molecule has 1 aromatic heterocycles. The third-order valence-electron chi connectivity index (χ3n) is 3.18. The van der Waals surface area contributed by atoms with Gasteiger partial charge >= 0.3 is 0 Å². The molecule has 3 aromatic rings. The predicted molar refractivity (Wildman–Crippen MR) is 78.0 cm³/mol. The summed E-state index contributed by atoms with van der Waals surface area (Å²) in [6.45, 7) is 0. The molecule has 1 unspecified atom stereocenters. The summed E-state index contributed by atoms with van der Waals surface area (Å²) in [5, 5.41) is 2.62. The normalized spacial score (nSPS) is 12.7. The van der Waals surface area contributed by atoms with E-state index in [1.165, 1.54) is 21.9 Å². The van der Waals surface area contributed by atoms with E-state index in [2.05, 4.69) is 58.4 Å². The highest BCUT2D eigenvalue weighted by molar-refractivity contribution is 9.09. The fraction of sp³-hybridized carbons (Fsp3) is 0.125. The van der Waals surface area contributed by atoms with Gasteiger partial charge < -0.3 is 4.42 Å². The van der Waals surface area contributed by atoms with Crippen molar-refractivity contribution in [3.63, 3.8) is 0 Å². The molecule has 2 aromatic carbocycles. The average Bonchev–Trinajstić information content (AvgIpc) is 2.93. The van der Waals surface area contributed by atoms with Crippen LogP contribution in [0.3, 0.4) is 0 Å². The summed E-state index contributed by atoms with van der Waals surface area (Å²) in [5.41, 5.74) is 2.54. The molecule has 0 fully saturated rings. The molecule has 0 N–H and O–H groups in total. The second-order valence-corrected chi connectivity index (χ2v) is 5.47. The molecule has 3 rings (SSSR count). The van der Waals surface area contributed by atoms with E-state index in [1.54, 1.807) is 12.5 Å². The molecule has 0 radical (unpaired) electrons. The van der Waals surface area contributed by atoms with Crippen LogP contribution in [0.4, 0.5) is 0 Å². The third kappa shape index (κ3) is 2.21. The number of benzene rings is 2. The number of rotatable bonds is 3. The Kier molecular flexibility index (Phi) is 3.20. The molecule has 0 aliphatic carbocycles. The van der Waals surface area contributed by atoms with Crippen molar-refractivity contribution in [1.29, 1.82) is 0 Å². The van der Waals surface area contributed by atoms with E-state index in [1.807, 2.05) is 6.07 Å². The van der Waals surface area contributed by atoms with Gasteiger partial charge in [0.25, 0.3) is 0 Å². The smallest absolute Gasteiger partial charge is 0.0946 e. The van der Waals surface area contributed by atoms with Gasteiger partial charge in [-0.15, -0.1) is 0 Å². The minimum Gasteiger partial charge on any atom is -0.472 e. The minimum absolute atomic E-state index is 0.294. The number of alkyl halides is 1. The molecule has 0 aliphatic rings. The van der Waals surface area contributed by atoms with Crippen LogP contribution in [0.25, 0.3) is 10.8 Å². The topological polar surface area (TPSA) is 13.1 Å². The number of hydrogen-bond acceptors (Lipinski definition) is 1. The van der Waals surface area contributed by atoms with E-state index < -0.39 is 0 Å². The number of hydrogen-bond donors (Lipinski definition) is 0. The van der Waals surface area contributed by atoms with Gasteiger partial charge in [0.05, 0.1) is 12.5 Å². The average molecular weight is 301 g/mol. The Labute approximate surface area is 115 Å². The molecule has 0 saturated carbocycles. The molecule has 0 amide bonds. The maximum absolute atomic E-state index is 5.13. The molecule has 2 heteroatoms. The SMILES string of the molecule is BrC(Cc1cccc2ccccc12)c1ccoc1. The molecule has 0 spiro atoms. The monoisotopic (exact) mass is 300 g/mol. The molecule has 0 saturated heterocycles. The van der Waals surface area contributed by atoms with Crippen molar-refractivity contribution in [2.24, 2.45) is 0 Å². The maximum atomic E-state index is 5.13. The van der Waals surface area contributed by atoms with Crippen molar-refractivity contribution < 1.29 is 4.42 Å². The minimum atomic E-state index is 0.294. The van der Waals surface area contributed by atoms with Gasteiger partial charge in [-0.25, -0.2) is 0 Å². The molecule has 1 nitrogen and oxygen atoms in total. The summed E-state index contributed by atoms with van der Waals surface area (Å²) >= 11 is 3.73. The van der Waals surface area contributed by atoms with Crippen molar-refractivity contribution in [1.82, 2.24) is 0 Å². The third-order valence-corrected chi connectivity index (χ3v) is 4.04. The first-order valence-corrected chi connectivity index (χ1v) is 6.89. The van der Waals surface area contributed by atoms with Gasteiger partial charge in [-0.1, -0.05) is 58.4 Å². The summed E-state index contributed by atoms with van der Waals surface area (Å²) < 4.78 is 5.13. The van der Waals surface area contributed by atoms with Gasteiger partial charge in [-0.2, -0.15) is 0 Å². The first-order valence-electron chi connectivity index (χ1n) is 5.97. The molecule has 18 heavy (non-hydrogen) atoms. The fourth-order valence-electron chi connectivity index (χ4n) is 2.23. The first-order chi connectivity index (χ1) is 8.84. The molecule has 1 heterocycles. The summed E-state index contributed by atoms with van der Waals surface area (Å²) in [5.74, 6) is 0. The molecular weight excluding hydrogens is 288 g/mol. The van der Waals surface area contributed by atoms with Gasteiger partial charge in [0.2, 0.25) is 0 Å². The molecular formula is C16H13BrO. The number of fused-ring (bicyclic) bond motifs is 1. The van der Waals surface area contributed by atoms with Crippen LogP contribution in [-0.4, -0.2) is 0 Å². The highest BCUT2D eigenvalue weighted by Gasteiger charge is 2.11. The molecule has 1 atom stereocenters. The summed E-state index contributed by atoms with van der Waals surface area (Å²) in [4.78, 5) is 0.294. The highest BCUT2D eigenvalue weighted by atomic mass is 79.9. The lowest BCUT2D eigenvalue weighted by atomic mass is 9.99. The zero-order valence-electron chi connectivity index (χ0n) is 9.84. The Morgan fingerprint density at radius 2 is 1.83 bits per heavy atom. The second kappa shape index (κ2) is 4.99. The van der Waals surface area contributed by atoms with Crippen LogP contribution in [0, 0.1) is 0 Å². The van der Waals surface area contributed by atoms with Gasteiger partial charge in [-0.05, 0) is 28.8 Å². The summed E-state index contributed by atoms with van der Waals surface area (Å²) in [6.07, 6.45) is 4.47. The standard InChI is InChI=1S/C16H13BrO/c17-16(14-8-9-18-11-14)10-13-6-3-5-12-4-1-2-7-15(12)13/h1-9,11,16H,10H2. The van der Waals surface area contributed by atoms with Crippen LogP contribution in [0.5, 0.6) is 0 Å². The Balaban J connectivity index is 1.95. The molecule has 90 valence electrons. The van der Waals surface area contributed by atoms with Crippen LogP contribution in [0.2, 0.25) is 0 Å². The lowest BCUT2D eigenvalue weighted by Crippen LogP contribution is -1.94. The van der Waals surface area contributed by atoms with E-state index in [0.29, 0.717) is 4.83 Å². The Bertz CT molecular complexity index is 638.